The summed E-state index contributed by atoms with van der Waals surface area (Å²) in [4.78, 5) is 13.5. The first-order valence-electron chi connectivity index (χ1n) is 9.67. The summed E-state index contributed by atoms with van der Waals surface area (Å²) in [6, 6.07) is 13.9. The molecule has 0 atom stereocenters. The first-order valence-corrected chi connectivity index (χ1v) is 9.67. The lowest BCUT2D eigenvalue weighted by molar-refractivity contribution is -0.386. The molecule has 1 heterocycles. The molecule has 3 rings (SSSR count). The van der Waals surface area contributed by atoms with Crippen LogP contribution in [0.4, 0.5) is 5.69 Å². The van der Waals surface area contributed by atoms with Gasteiger partial charge in [0.2, 0.25) is 0 Å². The normalized spacial score (nSPS) is 15.2. The highest BCUT2D eigenvalue weighted by atomic mass is 16.6. The molecule has 0 saturated carbocycles. The Morgan fingerprint density at radius 3 is 2.54 bits per heavy atom. The zero-order valence-electron chi connectivity index (χ0n) is 17.1. The molecule has 0 fully saturated rings. The van der Waals surface area contributed by atoms with Gasteiger partial charge in [0.1, 0.15) is 0 Å². The molecule has 0 N–H and O–H groups in total. The number of hydrogen-bond acceptors (Lipinski definition) is 4. The molecule has 0 aliphatic carbocycles. The van der Waals surface area contributed by atoms with Gasteiger partial charge in [0, 0.05) is 25.7 Å². The average molecular weight is 378 g/mol. The third kappa shape index (κ3) is 5.01. The quantitative estimate of drug-likeness (QED) is 0.434. The summed E-state index contributed by atoms with van der Waals surface area (Å²) in [5.41, 5.74) is 4.03. The number of aryl methyl sites for hydroxylation is 1. The smallest absolute Gasteiger partial charge is 0.311 e. The van der Waals surface area contributed by atoms with Crippen molar-refractivity contribution in [1.29, 1.82) is 0 Å². The summed E-state index contributed by atoms with van der Waals surface area (Å²) in [5, 5.41) is 11.5. The summed E-state index contributed by atoms with van der Waals surface area (Å²) < 4.78 is 5.90. The van der Waals surface area contributed by atoms with Gasteiger partial charge in [0.15, 0.2) is 13.6 Å². The second-order valence-corrected chi connectivity index (χ2v) is 8.31. The van der Waals surface area contributed by atoms with Gasteiger partial charge in [0.05, 0.1) is 10.4 Å². The van der Waals surface area contributed by atoms with Crippen LogP contribution >= 0.6 is 0 Å². The van der Waals surface area contributed by atoms with E-state index in [1.54, 1.807) is 6.07 Å². The van der Waals surface area contributed by atoms with Gasteiger partial charge >= 0.3 is 5.69 Å². The second kappa shape index (κ2) is 8.19. The van der Waals surface area contributed by atoms with Gasteiger partial charge < -0.3 is 4.74 Å². The number of nitro groups is 1. The Kier molecular flexibility index (Phi) is 5.89. The zero-order chi connectivity index (χ0) is 20.3. The minimum Gasteiger partial charge on any atom is -0.491 e. The highest BCUT2D eigenvalue weighted by Crippen LogP contribution is 2.36. The highest BCUT2D eigenvalue weighted by Gasteiger charge is 2.24. The van der Waals surface area contributed by atoms with Crippen LogP contribution < -0.4 is 4.74 Å². The van der Waals surface area contributed by atoms with Gasteiger partial charge in [-0.05, 0) is 55.5 Å². The van der Waals surface area contributed by atoms with Crippen LogP contribution in [0.3, 0.4) is 0 Å². The fourth-order valence-corrected chi connectivity index (χ4v) is 3.51. The number of nitro benzene ring substituents is 1. The van der Waals surface area contributed by atoms with Crippen LogP contribution in [0.2, 0.25) is 0 Å². The van der Waals surface area contributed by atoms with Crippen LogP contribution in [0, 0.1) is 17.0 Å². The molecule has 146 valence electrons. The predicted molar refractivity (Wildman–Crippen MR) is 115 cm³/mol. The van der Waals surface area contributed by atoms with E-state index in [0.717, 1.165) is 37.2 Å². The second-order valence-electron chi connectivity index (χ2n) is 8.31. The maximum absolute atomic E-state index is 11.5. The maximum Gasteiger partial charge on any atom is 0.311 e. The molecule has 2 aromatic rings. The Hall–Kier alpha value is -2.60. The minimum absolute atomic E-state index is 0.0262. The van der Waals surface area contributed by atoms with E-state index in [2.05, 4.69) is 35.2 Å². The van der Waals surface area contributed by atoms with Crippen molar-refractivity contribution in [3.63, 3.8) is 0 Å². The number of ether oxygens (including phenoxy) is 1. The Bertz CT molecular complexity index is 889. The van der Waals surface area contributed by atoms with E-state index < -0.39 is 5.50 Å². The molecule has 0 spiro atoms. The largest absolute Gasteiger partial charge is 0.491 e. The highest BCUT2D eigenvalue weighted by molar-refractivity contribution is 6.14. The standard InChI is InChI=1S/C22H27BN2O3/c1-16-13-20(25(26)27)21(28-22(2,3)23)14-19(16)18-9-11-24(12-10-18)15-17-7-5-4-6-8-17/h4-9,13-14H,10-12,15,23H2,1-3H3. The topological polar surface area (TPSA) is 55.6 Å². The van der Waals surface area contributed by atoms with Gasteiger partial charge in [-0.1, -0.05) is 36.4 Å². The molecule has 0 aromatic heterocycles. The number of nitrogens with zero attached hydrogens (tertiary/aromatic N) is 2. The van der Waals surface area contributed by atoms with E-state index in [9.17, 15) is 10.1 Å². The van der Waals surface area contributed by atoms with E-state index in [4.69, 9.17) is 4.74 Å². The van der Waals surface area contributed by atoms with Crippen molar-refractivity contribution in [1.82, 2.24) is 4.90 Å². The molecule has 1 aliphatic heterocycles. The lowest BCUT2D eigenvalue weighted by Gasteiger charge is -2.27. The van der Waals surface area contributed by atoms with Crippen molar-refractivity contribution in [3.8, 4) is 5.75 Å². The molecular formula is C22H27BN2O3. The molecule has 0 unspecified atom stereocenters. The Morgan fingerprint density at radius 2 is 1.96 bits per heavy atom. The first-order chi connectivity index (χ1) is 13.2. The molecule has 2 aromatic carbocycles. The molecule has 5 nitrogen and oxygen atoms in total. The fourth-order valence-electron chi connectivity index (χ4n) is 3.51. The van der Waals surface area contributed by atoms with Crippen molar-refractivity contribution >= 4 is 19.1 Å². The van der Waals surface area contributed by atoms with Crippen LogP contribution in [-0.4, -0.2) is 36.3 Å². The van der Waals surface area contributed by atoms with E-state index >= 15 is 0 Å². The maximum atomic E-state index is 11.5. The molecule has 0 radical (unpaired) electrons. The SMILES string of the molecule is BC(C)(C)Oc1cc(C2=CCN(Cc3ccccc3)CC2)c(C)cc1[N+](=O)[O-]. The predicted octanol–water partition coefficient (Wildman–Crippen LogP) is 3.94. The van der Waals surface area contributed by atoms with Crippen LogP contribution in [0.1, 0.15) is 37.0 Å². The zero-order valence-corrected chi connectivity index (χ0v) is 17.1. The first kappa shape index (κ1) is 20.1. The fraction of sp³-hybridized carbons (Fsp3) is 0.364. The molecule has 6 heteroatoms. The van der Waals surface area contributed by atoms with Gasteiger partial charge in [-0.3, -0.25) is 15.0 Å². The van der Waals surface area contributed by atoms with Gasteiger partial charge in [-0.25, -0.2) is 0 Å². The molecule has 0 saturated heterocycles. The Morgan fingerprint density at radius 1 is 1.25 bits per heavy atom. The minimum atomic E-state index is -0.495. The molecule has 28 heavy (non-hydrogen) atoms. The van der Waals surface area contributed by atoms with Crippen LogP contribution in [0.15, 0.2) is 48.5 Å². The third-order valence-electron chi connectivity index (χ3n) is 4.81. The lowest BCUT2D eigenvalue weighted by atomic mass is 9.85. The molecule has 0 amide bonds. The molecular weight excluding hydrogens is 351 g/mol. The van der Waals surface area contributed by atoms with E-state index in [-0.39, 0.29) is 10.6 Å². The molecule has 0 bridgehead atoms. The number of rotatable bonds is 6. The summed E-state index contributed by atoms with van der Waals surface area (Å²) in [7, 11) is 1.90. The third-order valence-corrected chi connectivity index (χ3v) is 4.81. The summed E-state index contributed by atoms with van der Waals surface area (Å²) in [6.07, 6.45) is 3.15. The van der Waals surface area contributed by atoms with Crippen LogP contribution in [0.25, 0.3) is 5.57 Å². The van der Waals surface area contributed by atoms with Gasteiger partial charge in [-0.15, -0.1) is 0 Å². The lowest BCUT2D eigenvalue weighted by Crippen LogP contribution is -2.29. The van der Waals surface area contributed by atoms with Crippen molar-refractivity contribution < 1.29 is 9.66 Å². The summed E-state index contributed by atoms with van der Waals surface area (Å²) in [5.74, 6) is 0.339. The van der Waals surface area contributed by atoms with Crippen molar-refractivity contribution in [2.75, 3.05) is 13.1 Å². The average Bonchev–Trinajstić information content (AvgIpc) is 2.63. The van der Waals surface area contributed by atoms with Crippen molar-refractivity contribution in [3.05, 3.63) is 75.3 Å². The number of hydrogen-bond donors (Lipinski definition) is 0. The Balaban J connectivity index is 1.83. The van der Waals surface area contributed by atoms with Crippen molar-refractivity contribution in [2.45, 2.75) is 39.2 Å². The number of benzene rings is 2. The molecule has 1 aliphatic rings. The summed E-state index contributed by atoms with van der Waals surface area (Å²) >= 11 is 0. The van der Waals surface area contributed by atoms with Gasteiger partial charge in [0.25, 0.3) is 0 Å². The monoisotopic (exact) mass is 378 g/mol. The van der Waals surface area contributed by atoms with E-state index in [1.807, 2.05) is 40.8 Å². The summed E-state index contributed by atoms with van der Waals surface area (Å²) in [6.45, 7) is 8.50. The van der Waals surface area contributed by atoms with Crippen LogP contribution in [-0.2, 0) is 6.54 Å². The van der Waals surface area contributed by atoms with Crippen molar-refractivity contribution in [2.24, 2.45) is 0 Å². The van der Waals surface area contributed by atoms with Crippen LogP contribution in [0.5, 0.6) is 5.75 Å². The van der Waals surface area contributed by atoms with E-state index in [1.165, 1.54) is 11.1 Å². The Labute approximate surface area is 167 Å². The van der Waals surface area contributed by atoms with Gasteiger partial charge in [-0.2, -0.15) is 0 Å². The van der Waals surface area contributed by atoms with E-state index in [0.29, 0.717) is 5.75 Å².